The van der Waals surface area contributed by atoms with Crippen LogP contribution in [0, 0.1) is 5.41 Å². The minimum atomic E-state index is -0.00683. The van der Waals surface area contributed by atoms with Gasteiger partial charge >= 0.3 is 0 Å². The van der Waals surface area contributed by atoms with E-state index in [9.17, 15) is 4.79 Å². The molecule has 3 N–H and O–H groups in total. The molecular weight excluding hydrogens is 260 g/mol. The predicted molar refractivity (Wildman–Crippen MR) is 88.4 cm³/mol. The van der Waals surface area contributed by atoms with Gasteiger partial charge < -0.3 is 11.1 Å². The molecule has 21 heavy (non-hydrogen) atoms. The summed E-state index contributed by atoms with van der Waals surface area (Å²) < 4.78 is 0. The third kappa shape index (κ3) is 4.05. The molecule has 0 bridgehead atoms. The van der Waals surface area contributed by atoms with Crippen LogP contribution < -0.4 is 11.1 Å². The smallest absolute Gasteiger partial charge is 0.251 e. The summed E-state index contributed by atoms with van der Waals surface area (Å²) in [6.45, 7) is 5.67. The molecule has 0 fully saturated rings. The summed E-state index contributed by atoms with van der Waals surface area (Å²) in [5, 5.41) is 5.15. The van der Waals surface area contributed by atoms with E-state index in [1.807, 2.05) is 42.5 Å². The summed E-state index contributed by atoms with van der Waals surface area (Å²) >= 11 is 0. The van der Waals surface area contributed by atoms with E-state index in [-0.39, 0.29) is 11.3 Å². The van der Waals surface area contributed by atoms with Gasteiger partial charge in [-0.1, -0.05) is 50.2 Å². The quantitative estimate of drug-likeness (QED) is 0.855. The lowest BCUT2D eigenvalue weighted by molar-refractivity contribution is 0.0936. The van der Waals surface area contributed by atoms with Crippen molar-refractivity contribution in [3.63, 3.8) is 0 Å². The molecule has 0 atom stereocenters. The van der Waals surface area contributed by atoms with Gasteiger partial charge in [0.1, 0.15) is 0 Å². The zero-order valence-electron chi connectivity index (χ0n) is 12.9. The fourth-order valence-corrected chi connectivity index (χ4v) is 2.51. The van der Waals surface area contributed by atoms with Gasteiger partial charge in [-0.3, -0.25) is 4.79 Å². The first kappa shape index (κ1) is 15.5. The molecule has 2 aromatic carbocycles. The van der Waals surface area contributed by atoms with Gasteiger partial charge in [-0.25, -0.2) is 0 Å². The monoisotopic (exact) mass is 284 g/mol. The van der Waals surface area contributed by atoms with Crippen molar-refractivity contribution in [2.75, 3.05) is 13.1 Å². The SMILES string of the molecule is CC(C)(CCCN)CNC(=O)c1cccc2ccccc12. The standard InChI is InChI=1S/C18H24N2O/c1-18(2,11-6-12-19)13-20-17(21)16-10-5-8-14-7-3-4-9-15(14)16/h3-5,7-10H,6,11-13,19H2,1-2H3,(H,20,21). The second-order valence-electron chi connectivity index (χ2n) is 6.27. The highest BCUT2D eigenvalue weighted by molar-refractivity contribution is 6.06. The molecule has 1 amide bonds. The summed E-state index contributed by atoms with van der Waals surface area (Å²) in [4.78, 5) is 12.4. The third-order valence-corrected chi connectivity index (χ3v) is 3.82. The van der Waals surface area contributed by atoms with Crippen LogP contribution in [0.1, 0.15) is 37.0 Å². The lowest BCUT2D eigenvalue weighted by Crippen LogP contribution is -2.34. The average Bonchev–Trinajstić information content (AvgIpc) is 2.50. The number of amides is 1. The van der Waals surface area contributed by atoms with Gasteiger partial charge in [0.05, 0.1) is 0 Å². The van der Waals surface area contributed by atoms with Crippen LogP contribution in [0.3, 0.4) is 0 Å². The highest BCUT2D eigenvalue weighted by Gasteiger charge is 2.19. The number of hydrogen-bond acceptors (Lipinski definition) is 2. The van der Waals surface area contributed by atoms with Crippen LogP contribution >= 0.6 is 0 Å². The summed E-state index contributed by atoms with van der Waals surface area (Å²) in [6, 6.07) is 13.8. The molecule has 0 aliphatic rings. The maximum absolute atomic E-state index is 12.4. The number of benzene rings is 2. The van der Waals surface area contributed by atoms with Crippen molar-refractivity contribution in [2.45, 2.75) is 26.7 Å². The van der Waals surface area contributed by atoms with E-state index >= 15 is 0 Å². The summed E-state index contributed by atoms with van der Waals surface area (Å²) in [5.41, 5.74) is 6.37. The molecule has 2 rings (SSSR count). The molecule has 0 aliphatic carbocycles. The average molecular weight is 284 g/mol. The van der Waals surface area contributed by atoms with Gasteiger partial charge in [0.15, 0.2) is 0 Å². The van der Waals surface area contributed by atoms with E-state index in [4.69, 9.17) is 5.73 Å². The van der Waals surface area contributed by atoms with Crippen molar-refractivity contribution >= 4 is 16.7 Å². The van der Waals surface area contributed by atoms with E-state index in [1.54, 1.807) is 0 Å². The van der Waals surface area contributed by atoms with E-state index in [1.165, 1.54) is 0 Å². The Labute approximate surface area is 126 Å². The van der Waals surface area contributed by atoms with Crippen LogP contribution in [0.4, 0.5) is 0 Å². The van der Waals surface area contributed by atoms with E-state index in [0.717, 1.165) is 29.2 Å². The van der Waals surface area contributed by atoms with Gasteiger partial charge in [-0.2, -0.15) is 0 Å². The van der Waals surface area contributed by atoms with Gasteiger partial charge in [-0.15, -0.1) is 0 Å². The molecule has 0 saturated carbocycles. The van der Waals surface area contributed by atoms with Gasteiger partial charge in [-0.05, 0) is 41.6 Å². The number of hydrogen-bond donors (Lipinski definition) is 2. The van der Waals surface area contributed by atoms with Crippen LogP contribution in [-0.2, 0) is 0 Å². The summed E-state index contributed by atoms with van der Waals surface area (Å²) in [5.74, 6) is -0.00683. The highest BCUT2D eigenvalue weighted by Crippen LogP contribution is 2.22. The Morgan fingerprint density at radius 1 is 1.14 bits per heavy atom. The van der Waals surface area contributed by atoms with Gasteiger partial charge in [0.2, 0.25) is 0 Å². The van der Waals surface area contributed by atoms with Crippen molar-refractivity contribution in [2.24, 2.45) is 11.1 Å². The number of fused-ring (bicyclic) bond motifs is 1. The number of carbonyl (C=O) groups excluding carboxylic acids is 1. The second-order valence-corrected chi connectivity index (χ2v) is 6.27. The molecule has 0 spiro atoms. The minimum Gasteiger partial charge on any atom is -0.351 e. The van der Waals surface area contributed by atoms with Crippen LogP contribution in [0.2, 0.25) is 0 Å². The first-order valence-electron chi connectivity index (χ1n) is 7.49. The molecule has 0 unspecified atom stereocenters. The number of carbonyl (C=O) groups is 1. The molecule has 3 heteroatoms. The Morgan fingerprint density at radius 3 is 2.62 bits per heavy atom. The summed E-state index contributed by atoms with van der Waals surface area (Å²) in [6.07, 6.45) is 2.00. The molecule has 0 radical (unpaired) electrons. The highest BCUT2D eigenvalue weighted by atomic mass is 16.1. The molecule has 2 aromatic rings. The largest absolute Gasteiger partial charge is 0.351 e. The Hall–Kier alpha value is -1.87. The molecule has 0 aromatic heterocycles. The number of nitrogens with two attached hydrogens (primary N) is 1. The Morgan fingerprint density at radius 2 is 1.86 bits per heavy atom. The lowest BCUT2D eigenvalue weighted by Gasteiger charge is -2.24. The van der Waals surface area contributed by atoms with E-state index in [2.05, 4.69) is 19.2 Å². The second kappa shape index (κ2) is 6.72. The van der Waals surface area contributed by atoms with Crippen molar-refractivity contribution in [3.8, 4) is 0 Å². The van der Waals surface area contributed by atoms with Crippen LogP contribution in [-0.4, -0.2) is 19.0 Å². The van der Waals surface area contributed by atoms with Crippen LogP contribution in [0.25, 0.3) is 10.8 Å². The fourth-order valence-electron chi connectivity index (χ4n) is 2.51. The van der Waals surface area contributed by atoms with Crippen molar-refractivity contribution < 1.29 is 4.79 Å². The van der Waals surface area contributed by atoms with Gasteiger partial charge in [0.25, 0.3) is 5.91 Å². The third-order valence-electron chi connectivity index (χ3n) is 3.82. The van der Waals surface area contributed by atoms with E-state index < -0.39 is 0 Å². The normalized spacial score (nSPS) is 11.6. The number of nitrogens with one attached hydrogen (secondary N) is 1. The number of rotatable bonds is 6. The maximum atomic E-state index is 12.4. The Bertz CT molecular complexity index is 614. The first-order chi connectivity index (χ1) is 10.0. The fraction of sp³-hybridized carbons (Fsp3) is 0.389. The van der Waals surface area contributed by atoms with E-state index in [0.29, 0.717) is 13.1 Å². The molecule has 0 aliphatic heterocycles. The molecule has 112 valence electrons. The minimum absolute atomic E-state index is 0.00683. The topological polar surface area (TPSA) is 55.1 Å². The first-order valence-corrected chi connectivity index (χ1v) is 7.49. The van der Waals surface area contributed by atoms with Crippen molar-refractivity contribution in [3.05, 3.63) is 48.0 Å². The van der Waals surface area contributed by atoms with Crippen molar-refractivity contribution in [1.82, 2.24) is 5.32 Å². The zero-order chi connectivity index (χ0) is 15.3. The Balaban J connectivity index is 2.09. The van der Waals surface area contributed by atoms with Crippen LogP contribution in [0.15, 0.2) is 42.5 Å². The van der Waals surface area contributed by atoms with Crippen molar-refractivity contribution in [1.29, 1.82) is 0 Å². The summed E-state index contributed by atoms with van der Waals surface area (Å²) in [7, 11) is 0. The Kier molecular flexibility index (Phi) is 4.97. The predicted octanol–water partition coefficient (Wildman–Crippen LogP) is 3.33. The lowest BCUT2D eigenvalue weighted by atomic mass is 9.87. The molecular formula is C18H24N2O. The molecule has 0 saturated heterocycles. The van der Waals surface area contributed by atoms with Gasteiger partial charge in [0, 0.05) is 12.1 Å². The maximum Gasteiger partial charge on any atom is 0.251 e. The molecule has 3 nitrogen and oxygen atoms in total. The van der Waals surface area contributed by atoms with Crippen LogP contribution in [0.5, 0.6) is 0 Å². The zero-order valence-corrected chi connectivity index (χ0v) is 12.9. The molecule has 0 heterocycles.